The van der Waals surface area contributed by atoms with Gasteiger partial charge in [-0.1, -0.05) is 18.2 Å². The van der Waals surface area contributed by atoms with Gasteiger partial charge < -0.3 is 5.32 Å². The molecular weight excluding hydrogens is 218 g/mol. The van der Waals surface area contributed by atoms with Crippen LogP contribution in [0.3, 0.4) is 0 Å². The van der Waals surface area contributed by atoms with E-state index in [9.17, 15) is 0 Å². The molecule has 1 aromatic carbocycles. The maximum absolute atomic E-state index is 5.67. The van der Waals surface area contributed by atoms with E-state index in [0.717, 1.165) is 25.3 Å². The second kappa shape index (κ2) is 6.93. The fourth-order valence-corrected chi connectivity index (χ4v) is 1.85. The van der Waals surface area contributed by atoms with E-state index in [1.165, 1.54) is 16.7 Å². The Morgan fingerprint density at radius 1 is 1.25 bits per heavy atom. The lowest BCUT2D eigenvalue weighted by atomic mass is 10.1. The first-order chi connectivity index (χ1) is 7.63. The van der Waals surface area contributed by atoms with E-state index in [4.69, 9.17) is 11.6 Å². The predicted octanol–water partition coefficient (Wildman–Crippen LogP) is 3.80. The van der Waals surface area contributed by atoms with Crippen molar-refractivity contribution in [1.29, 1.82) is 0 Å². The van der Waals surface area contributed by atoms with E-state index in [1.54, 1.807) is 0 Å². The Morgan fingerprint density at radius 3 is 2.62 bits per heavy atom. The summed E-state index contributed by atoms with van der Waals surface area (Å²) in [5.74, 6) is 0.760. The van der Waals surface area contributed by atoms with Gasteiger partial charge in [0.05, 0.1) is 0 Å². The molecule has 16 heavy (non-hydrogen) atoms. The molecule has 1 unspecified atom stereocenters. The van der Waals surface area contributed by atoms with Crippen molar-refractivity contribution in [3.8, 4) is 0 Å². The van der Waals surface area contributed by atoms with E-state index < -0.39 is 0 Å². The second-order valence-corrected chi connectivity index (χ2v) is 4.91. The molecule has 0 fully saturated rings. The Morgan fingerprint density at radius 2 is 2.00 bits per heavy atom. The number of benzene rings is 1. The van der Waals surface area contributed by atoms with Gasteiger partial charge in [-0.05, 0) is 50.3 Å². The average molecular weight is 240 g/mol. The minimum Gasteiger partial charge on any atom is -0.310 e. The van der Waals surface area contributed by atoms with E-state index in [0.29, 0.717) is 6.04 Å². The summed E-state index contributed by atoms with van der Waals surface area (Å²) < 4.78 is 0. The van der Waals surface area contributed by atoms with E-state index in [2.05, 4.69) is 44.3 Å². The molecule has 0 saturated heterocycles. The third-order valence-electron chi connectivity index (χ3n) is 3.00. The third-order valence-corrected chi connectivity index (χ3v) is 3.26. The quantitative estimate of drug-likeness (QED) is 0.745. The van der Waals surface area contributed by atoms with Crippen LogP contribution in [0, 0.1) is 13.8 Å². The number of hydrogen-bond donors (Lipinski definition) is 1. The molecule has 1 atom stereocenters. The van der Waals surface area contributed by atoms with Crippen LogP contribution < -0.4 is 5.32 Å². The highest BCUT2D eigenvalue weighted by Gasteiger charge is 2.01. The maximum atomic E-state index is 5.67. The van der Waals surface area contributed by atoms with Gasteiger partial charge in [-0.2, -0.15) is 0 Å². The molecule has 1 nitrogen and oxygen atoms in total. The highest BCUT2D eigenvalue weighted by Crippen LogP contribution is 2.10. The van der Waals surface area contributed by atoms with Crippen LogP contribution >= 0.6 is 11.6 Å². The summed E-state index contributed by atoms with van der Waals surface area (Å²) in [4.78, 5) is 0. The zero-order valence-electron chi connectivity index (χ0n) is 10.5. The van der Waals surface area contributed by atoms with Gasteiger partial charge in [0.15, 0.2) is 0 Å². The summed E-state index contributed by atoms with van der Waals surface area (Å²) >= 11 is 5.67. The molecule has 90 valence electrons. The molecule has 0 amide bonds. The Bertz CT molecular complexity index is 323. The van der Waals surface area contributed by atoms with Crippen molar-refractivity contribution in [1.82, 2.24) is 5.32 Å². The van der Waals surface area contributed by atoms with Crippen LogP contribution in [0.5, 0.6) is 0 Å². The summed E-state index contributed by atoms with van der Waals surface area (Å²) in [6, 6.07) is 7.19. The van der Waals surface area contributed by atoms with Gasteiger partial charge in [0.1, 0.15) is 0 Å². The largest absolute Gasteiger partial charge is 0.310 e. The molecule has 0 aliphatic carbocycles. The number of aryl methyl sites for hydroxylation is 2. The zero-order chi connectivity index (χ0) is 12.0. The van der Waals surface area contributed by atoms with Crippen molar-refractivity contribution in [2.24, 2.45) is 0 Å². The van der Waals surface area contributed by atoms with Gasteiger partial charge in [0.25, 0.3) is 0 Å². The highest BCUT2D eigenvalue weighted by molar-refractivity contribution is 6.17. The maximum Gasteiger partial charge on any atom is 0.0224 e. The Kier molecular flexibility index (Phi) is 5.86. The summed E-state index contributed by atoms with van der Waals surface area (Å²) in [6.45, 7) is 7.48. The molecule has 1 rings (SSSR count). The fraction of sp³-hybridized carbons (Fsp3) is 0.571. The van der Waals surface area contributed by atoms with Crippen molar-refractivity contribution in [3.63, 3.8) is 0 Å². The third kappa shape index (κ3) is 4.54. The first kappa shape index (κ1) is 13.5. The molecule has 0 aliphatic rings. The number of alkyl halides is 1. The predicted molar refractivity (Wildman–Crippen MR) is 72.2 cm³/mol. The topological polar surface area (TPSA) is 12.0 Å². The fourth-order valence-electron chi connectivity index (χ4n) is 1.69. The van der Waals surface area contributed by atoms with Crippen molar-refractivity contribution in [2.45, 2.75) is 46.2 Å². The van der Waals surface area contributed by atoms with E-state index >= 15 is 0 Å². The molecule has 2 heteroatoms. The minimum absolute atomic E-state index is 0.542. The Hall–Kier alpha value is -0.530. The van der Waals surface area contributed by atoms with Crippen LogP contribution in [0.15, 0.2) is 18.2 Å². The Labute approximate surface area is 104 Å². The molecule has 0 aromatic heterocycles. The number of hydrogen-bond acceptors (Lipinski definition) is 1. The molecule has 1 N–H and O–H groups in total. The highest BCUT2D eigenvalue weighted by atomic mass is 35.5. The van der Waals surface area contributed by atoms with Crippen molar-refractivity contribution in [3.05, 3.63) is 34.9 Å². The molecule has 0 heterocycles. The monoisotopic (exact) mass is 239 g/mol. The molecule has 0 spiro atoms. The van der Waals surface area contributed by atoms with Gasteiger partial charge in [0, 0.05) is 18.5 Å². The number of nitrogens with one attached hydrogen (secondary N) is 1. The minimum atomic E-state index is 0.542. The Balaban J connectivity index is 2.39. The van der Waals surface area contributed by atoms with Crippen molar-refractivity contribution < 1.29 is 0 Å². The summed E-state index contributed by atoms with van der Waals surface area (Å²) in [5, 5.41) is 3.52. The van der Waals surface area contributed by atoms with E-state index in [1.807, 2.05) is 0 Å². The number of rotatable bonds is 6. The van der Waals surface area contributed by atoms with Crippen LogP contribution in [0.2, 0.25) is 0 Å². The second-order valence-electron chi connectivity index (χ2n) is 4.53. The van der Waals surface area contributed by atoms with Crippen LogP contribution in [-0.4, -0.2) is 11.9 Å². The molecular formula is C14H22ClN. The molecule has 0 aliphatic heterocycles. The summed E-state index contributed by atoms with van der Waals surface area (Å²) in [5.41, 5.74) is 4.09. The SMILES string of the molecule is Cc1ccc(CNC(C)CCCCl)cc1C. The van der Waals surface area contributed by atoms with Gasteiger partial charge >= 0.3 is 0 Å². The van der Waals surface area contributed by atoms with Gasteiger partial charge in [-0.3, -0.25) is 0 Å². The summed E-state index contributed by atoms with van der Waals surface area (Å²) in [7, 11) is 0. The smallest absolute Gasteiger partial charge is 0.0224 e. The van der Waals surface area contributed by atoms with Crippen molar-refractivity contribution in [2.75, 3.05) is 5.88 Å². The standard InChI is InChI=1S/C14H22ClN/c1-11-6-7-14(9-12(11)2)10-16-13(3)5-4-8-15/h6-7,9,13,16H,4-5,8,10H2,1-3H3. The van der Waals surface area contributed by atoms with Crippen molar-refractivity contribution >= 4 is 11.6 Å². The molecule has 0 radical (unpaired) electrons. The normalized spacial score (nSPS) is 12.8. The van der Waals surface area contributed by atoms with Gasteiger partial charge in [-0.15, -0.1) is 11.6 Å². The zero-order valence-corrected chi connectivity index (χ0v) is 11.3. The molecule has 0 saturated carbocycles. The lowest BCUT2D eigenvalue weighted by Crippen LogP contribution is -2.25. The average Bonchev–Trinajstić information content (AvgIpc) is 2.28. The molecule has 1 aromatic rings. The van der Waals surface area contributed by atoms with Crippen LogP contribution in [0.1, 0.15) is 36.5 Å². The van der Waals surface area contributed by atoms with Gasteiger partial charge in [0.2, 0.25) is 0 Å². The van der Waals surface area contributed by atoms with Crippen LogP contribution in [-0.2, 0) is 6.54 Å². The first-order valence-corrected chi connectivity index (χ1v) is 6.52. The lowest BCUT2D eigenvalue weighted by Gasteiger charge is -2.13. The lowest BCUT2D eigenvalue weighted by molar-refractivity contribution is 0.509. The first-order valence-electron chi connectivity index (χ1n) is 5.99. The van der Waals surface area contributed by atoms with E-state index in [-0.39, 0.29) is 0 Å². The molecule has 0 bridgehead atoms. The summed E-state index contributed by atoms with van der Waals surface area (Å²) in [6.07, 6.45) is 2.23. The van der Waals surface area contributed by atoms with Crippen LogP contribution in [0.4, 0.5) is 0 Å². The number of halogens is 1. The van der Waals surface area contributed by atoms with Gasteiger partial charge in [-0.25, -0.2) is 0 Å². The van der Waals surface area contributed by atoms with Crippen LogP contribution in [0.25, 0.3) is 0 Å².